The molecule has 2 aliphatic heterocycles. The number of hydrogen-bond donors (Lipinski definition) is 5. The SMILES string of the molecule is CCCSc1ncc(CN2C3CCC2CC(O)(c2cccc(F)c2)C3)cn1.O=C(O)CC(O)(CC(=O)O)C(=O)O. The lowest BCUT2D eigenvalue weighted by atomic mass is 9.80. The van der Waals surface area contributed by atoms with Gasteiger partial charge in [-0.2, -0.15) is 0 Å². The van der Waals surface area contributed by atoms with Crippen LogP contribution in [0.4, 0.5) is 4.39 Å². The second-order valence-electron chi connectivity index (χ2n) is 10.2. The number of piperidine rings is 1. The highest BCUT2D eigenvalue weighted by Gasteiger charge is 2.48. The second-order valence-corrected chi connectivity index (χ2v) is 11.3. The van der Waals surface area contributed by atoms with Crippen LogP contribution in [-0.2, 0) is 26.5 Å². The van der Waals surface area contributed by atoms with Crippen LogP contribution in [0.5, 0.6) is 0 Å². The van der Waals surface area contributed by atoms with Crippen molar-refractivity contribution in [3.05, 3.63) is 53.6 Å². The van der Waals surface area contributed by atoms with Gasteiger partial charge in [-0.1, -0.05) is 30.8 Å². The van der Waals surface area contributed by atoms with E-state index < -0.39 is 42.0 Å². The summed E-state index contributed by atoms with van der Waals surface area (Å²) in [6.07, 6.45) is 6.14. The fourth-order valence-corrected chi connectivity index (χ4v) is 5.85. The molecule has 2 bridgehead atoms. The molecule has 11 nitrogen and oxygen atoms in total. The highest BCUT2D eigenvalue weighted by atomic mass is 32.2. The number of carboxylic acid groups (broad SMARTS) is 3. The lowest BCUT2D eigenvalue weighted by Crippen LogP contribution is -2.49. The highest BCUT2D eigenvalue weighted by molar-refractivity contribution is 7.99. The quantitative estimate of drug-likeness (QED) is 0.194. The molecule has 5 N–H and O–H groups in total. The molecule has 3 heterocycles. The Balaban J connectivity index is 0.000000289. The Morgan fingerprint density at radius 2 is 1.65 bits per heavy atom. The van der Waals surface area contributed by atoms with E-state index in [1.54, 1.807) is 17.8 Å². The first-order chi connectivity index (χ1) is 18.8. The van der Waals surface area contributed by atoms with E-state index in [4.69, 9.17) is 20.4 Å². The van der Waals surface area contributed by atoms with E-state index in [1.807, 2.05) is 18.5 Å². The molecule has 0 spiro atoms. The number of nitrogens with zero attached hydrogens (tertiary/aromatic N) is 3. The van der Waals surface area contributed by atoms with E-state index in [0.717, 1.165) is 42.3 Å². The van der Waals surface area contributed by atoms with Gasteiger partial charge in [0, 0.05) is 42.3 Å². The maximum Gasteiger partial charge on any atom is 0.336 e. The molecule has 2 aromatic rings. The summed E-state index contributed by atoms with van der Waals surface area (Å²) in [5.74, 6) is -4.27. The zero-order chi connectivity index (χ0) is 29.5. The zero-order valence-electron chi connectivity index (χ0n) is 22.1. The number of carbonyl (C=O) groups is 3. The summed E-state index contributed by atoms with van der Waals surface area (Å²) >= 11 is 1.69. The molecule has 2 fully saturated rings. The smallest absolute Gasteiger partial charge is 0.336 e. The molecule has 13 heteroatoms. The average Bonchev–Trinajstić information content (AvgIpc) is 3.11. The summed E-state index contributed by atoms with van der Waals surface area (Å²) in [5, 5.41) is 45.9. The molecule has 2 atom stereocenters. The maximum atomic E-state index is 13.6. The molecule has 40 heavy (non-hydrogen) atoms. The van der Waals surface area contributed by atoms with Gasteiger partial charge in [-0.25, -0.2) is 19.2 Å². The van der Waals surface area contributed by atoms with Crippen molar-refractivity contribution in [3.63, 3.8) is 0 Å². The predicted molar refractivity (Wildman–Crippen MR) is 142 cm³/mol. The van der Waals surface area contributed by atoms with Gasteiger partial charge < -0.3 is 25.5 Å². The Hall–Kier alpha value is -3.13. The predicted octanol–water partition coefficient (Wildman–Crippen LogP) is 2.88. The minimum Gasteiger partial charge on any atom is -0.481 e. The molecule has 2 saturated heterocycles. The Morgan fingerprint density at radius 3 is 2.12 bits per heavy atom. The van der Waals surface area contributed by atoms with E-state index in [-0.39, 0.29) is 5.82 Å². The van der Waals surface area contributed by atoms with E-state index in [0.29, 0.717) is 30.5 Å². The Kier molecular flexibility index (Phi) is 10.6. The molecule has 0 radical (unpaired) electrons. The fourth-order valence-electron chi connectivity index (χ4n) is 5.21. The van der Waals surface area contributed by atoms with Crippen molar-refractivity contribution in [1.82, 2.24) is 14.9 Å². The van der Waals surface area contributed by atoms with Crippen molar-refractivity contribution in [1.29, 1.82) is 0 Å². The minimum atomic E-state index is -2.74. The van der Waals surface area contributed by atoms with Gasteiger partial charge in [0.1, 0.15) is 5.82 Å². The molecule has 2 unspecified atom stereocenters. The third kappa shape index (κ3) is 8.19. The maximum absolute atomic E-state index is 13.6. The van der Waals surface area contributed by atoms with Crippen molar-refractivity contribution in [2.45, 2.75) is 86.9 Å². The lowest BCUT2D eigenvalue weighted by molar-refractivity contribution is -0.170. The first kappa shape index (κ1) is 31.4. The van der Waals surface area contributed by atoms with Crippen molar-refractivity contribution >= 4 is 29.7 Å². The normalized spacial score (nSPS) is 22.3. The van der Waals surface area contributed by atoms with Crippen LogP contribution in [0.3, 0.4) is 0 Å². The molecule has 4 rings (SSSR count). The number of aliphatic carboxylic acids is 3. The number of thioether (sulfide) groups is 1. The summed E-state index contributed by atoms with van der Waals surface area (Å²) < 4.78 is 13.6. The summed E-state index contributed by atoms with van der Waals surface area (Å²) in [5.41, 5.74) is -1.84. The van der Waals surface area contributed by atoms with Gasteiger partial charge >= 0.3 is 17.9 Å². The van der Waals surface area contributed by atoms with Crippen LogP contribution in [0.1, 0.15) is 63.0 Å². The van der Waals surface area contributed by atoms with Gasteiger partial charge in [0.25, 0.3) is 0 Å². The number of aliphatic hydroxyl groups is 2. The first-order valence-electron chi connectivity index (χ1n) is 12.9. The Morgan fingerprint density at radius 1 is 1.07 bits per heavy atom. The van der Waals surface area contributed by atoms with Crippen molar-refractivity contribution in [2.24, 2.45) is 0 Å². The number of aromatic nitrogens is 2. The van der Waals surface area contributed by atoms with Crippen LogP contribution in [0.25, 0.3) is 0 Å². The standard InChI is InChI=1S/C21H26FN3OS.C6H8O7/c1-2-8-27-20-23-12-15(13-24-20)14-25-18-6-7-19(25)11-21(26,10-18)16-4-3-5-17(22)9-16;7-3(8)1-6(13,5(11)12)2-4(9)10/h3-5,9,12-13,18-19,26H,2,6-8,10-11,14H2,1H3;13H,1-2H2,(H,7,8)(H,9,10)(H,11,12). The van der Waals surface area contributed by atoms with Crippen LogP contribution in [0.15, 0.2) is 41.8 Å². The van der Waals surface area contributed by atoms with E-state index in [2.05, 4.69) is 21.8 Å². The fraction of sp³-hybridized carbons (Fsp3) is 0.519. The summed E-state index contributed by atoms with van der Waals surface area (Å²) in [6, 6.07) is 7.07. The average molecular weight is 580 g/mol. The molecular formula is C27H34FN3O8S. The Labute approximate surface area is 235 Å². The number of carboxylic acids is 3. The molecule has 1 aromatic carbocycles. The molecule has 218 valence electrons. The number of hydrogen-bond acceptors (Lipinski definition) is 9. The molecule has 2 aliphatic rings. The van der Waals surface area contributed by atoms with Crippen LogP contribution >= 0.6 is 11.8 Å². The molecule has 0 aliphatic carbocycles. The van der Waals surface area contributed by atoms with Crippen LogP contribution in [0, 0.1) is 5.82 Å². The third-order valence-corrected chi connectivity index (χ3v) is 8.13. The lowest BCUT2D eigenvalue weighted by Gasteiger charge is -2.44. The molecule has 0 saturated carbocycles. The minimum absolute atomic E-state index is 0.283. The summed E-state index contributed by atoms with van der Waals surface area (Å²) in [7, 11) is 0. The van der Waals surface area contributed by atoms with Crippen molar-refractivity contribution in [2.75, 3.05) is 5.75 Å². The van der Waals surface area contributed by atoms with Gasteiger partial charge in [-0.05, 0) is 49.8 Å². The van der Waals surface area contributed by atoms with Gasteiger partial charge in [-0.3, -0.25) is 14.5 Å². The number of fused-ring (bicyclic) bond motifs is 2. The van der Waals surface area contributed by atoms with Crippen molar-refractivity contribution < 1.29 is 44.3 Å². The Bertz CT molecular complexity index is 1170. The highest BCUT2D eigenvalue weighted by Crippen LogP contribution is 2.46. The van der Waals surface area contributed by atoms with E-state index in [9.17, 15) is 23.9 Å². The van der Waals surface area contributed by atoms with E-state index >= 15 is 0 Å². The van der Waals surface area contributed by atoms with Crippen LogP contribution < -0.4 is 0 Å². The third-order valence-electron chi connectivity index (χ3n) is 7.05. The molecule has 1 aromatic heterocycles. The zero-order valence-corrected chi connectivity index (χ0v) is 22.9. The topological polar surface area (TPSA) is 181 Å². The largest absolute Gasteiger partial charge is 0.481 e. The number of rotatable bonds is 11. The van der Waals surface area contributed by atoms with Gasteiger partial charge in [0.05, 0.1) is 18.4 Å². The van der Waals surface area contributed by atoms with Crippen molar-refractivity contribution in [3.8, 4) is 0 Å². The number of benzene rings is 1. The summed E-state index contributed by atoms with van der Waals surface area (Å²) in [6.45, 7) is 2.96. The second kappa shape index (κ2) is 13.5. The first-order valence-corrected chi connectivity index (χ1v) is 13.9. The summed E-state index contributed by atoms with van der Waals surface area (Å²) in [4.78, 5) is 41.9. The number of halogens is 1. The van der Waals surface area contributed by atoms with Crippen LogP contribution in [-0.4, -0.2) is 81.7 Å². The molecular weight excluding hydrogens is 545 g/mol. The van der Waals surface area contributed by atoms with E-state index in [1.165, 1.54) is 12.1 Å². The van der Waals surface area contributed by atoms with Gasteiger partial charge in [-0.15, -0.1) is 0 Å². The monoisotopic (exact) mass is 579 g/mol. The molecule has 0 amide bonds. The van der Waals surface area contributed by atoms with Crippen LogP contribution in [0.2, 0.25) is 0 Å². The van der Waals surface area contributed by atoms with Gasteiger partial charge in [0.15, 0.2) is 10.8 Å². The van der Waals surface area contributed by atoms with Gasteiger partial charge in [0.2, 0.25) is 0 Å².